The molecule has 0 aliphatic heterocycles. The van der Waals surface area contributed by atoms with Crippen molar-refractivity contribution < 1.29 is 4.74 Å². The van der Waals surface area contributed by atoms with Gasteiger partial charge in [0.05, 0.1) is 0 Å². The number of guanidine groups is 1. The van der Waals surface area contributed by atoms with Crippen molar-refractivity contribution >= 4 is 29.9 Å². The number of hydrogen-bond acceptors (Lipinski definition) is 2. The number of benzene rings is 2. The zero-order chi connectivity index (χ0) is 17.2. The maximum atomic E-state index is 5.68. The van der Waals surface area contributed by atoms with Gasteiger partial charge in [-0.1, -0.05) is 55.1 Å². The summed E-state index contributed by atoms with van der Waals surface area (Å²) in [5, 5.41) is 6.67. The number of rotatable bonds is 7. The Labute approximate surface area is 167 Å². The molecule has 0 bridgehead atoms. The lowest BCUT2D eigenvalue weighted by Crippen LogP contribution is -2.36. The Balaban J connectivity index is 0.00000312. The predicted molar refractivity (Wildman–Crippen MR) is 116 cm³/mol. The lowest BCUT2D eigenvalue weighted by molar-refractivity contribution is 0.358. The van der Waals surface area contributed by atoms with Gasteiger partial charge in [0.2, 0.25) is 0 Å². The first-order chi connectivity index (χ1) is 11.7. The Kier molecular flexibility index (Phi) is 9.69. The summed E-state index contributed by atoms with van der Waals surface area (Å²) in [7, 11) is 1.77. The van der Waals surface area contributed by atoms with Crippen molar-refractivity contribution in [3.05, 3.63) is 77.9 Å². The van der Waals surface area contributed by atoms with Gasteiger partial charge in [0.15, 0.2) is 5.96 Å². The summed E-state index contributed by atoms with van der Waals surface area (Å²) in [5.74, 6) is 1.62. The number of para-hydroxylation sites is 1. The second kappa shape index (κ2) is 11.5. The summed E-state index contributed by atoms with van der Waals surface area (Å²) in [5.41, 5.74) is 3.61. The number of aliphatic imine (C=N–C) groups is 1. The van der Waals surface area contributed by atoms with E-state index in [1.165, 1.54) is 11.1 Å². The van der Waals surface area contributed by atoms with Gasteiger partial charge >= 0.3 is 0 Å². The number of hydrogen-bond donors (Lipinski definition) is 2. The summed E-state index contributed by atoms with van der Waals surface area (Å²) in [6.07, 6.45) is 1.74. The van der Waals surface area contributed by atoms with Crippen LogP contribution < -0.4 is 15.4 Å². The molecule has 0 amide bonds. The summed E-state index contributed by atoms with van der Waals surface area (Å²) in [6, 6.07) is 16.3. The van der Waals surface area contributed by atoms with Crippen LogP contribution in [0, 0.1) is 6.92 Å². The molecule has 2 rings (SSSR count). The normalized spacial score (nSPS) is 10.6. The van der Waals surface area contributed by atoms with Gasteiger partial charge in [0, 0.05) is 25.7 Å². The Hall–Kier alpha value is -2.02. The van der Waals surface area contributed by atoms with E-state index in [0.717, 1.165) is 23.8 Å². The van der Waals surface area contributed by atoms with E-state index in [2.05, 4.69) is 41.3 Å². The van der Waals surface area contributed by atoms with E-state index in [0.29, 0.717) is 13.2 Å². The third-order valence-corrected chi connectivity index (χ3v) is 3.71. The van der Waals surface area contributed by atoms with Crippen molar-refractivity contribution in [2.24, 2.45) is 4.99 Å². The summed E-state index contributed by atoms with van der Waals surface area (Å²) < 4.78 is 5.68. The van der Waals surface area contributed by atoms with Gasteiger partial charge in [0.1, 0.15) is 12.4 Å². The molecule has 5 heteroatoms. The molecule has 0 aromatic heterocycles. The second-order valence-electron chi connectivity index (χ2n) is 5.41. The fraction of sp³-hybridized carbons (Fsp3) is 0.250. The quantitative estimate of drug-likeness (QED) is 0.289. The molecule has 0 atom stereocenters. The van der Waals surface area contributed by atoms with Crippen LogP contribution in [0.5, 0.6) is 5.75 Å². The van der Waals surface area contributed by atoms with E-state index in [1.807, 2.05) is 36.4 Å². The maximum Gasteiger partial charge on any atom is 0.191 e. The largest absolute Gasteiger partial charge is 0.489 e. The molecule has 2 aromatic rings. The first-order valence-corrected chi connectivity index (χ1v) is 8.05. The second-order valence-corrected chi connectivity index (χ2v) is 5.41. The molecule has 2 N–H and O–H groups in total. The monoisotopic (exact) mass is 451 g/mol. The minimum absolute atomic E-state index is 0. The molecule has 0 heterocycles. The number of ether oxygens (including phenoxy) is 1. The van der Waals surface area contributed by atoms with E-state index < -0.39 is 0 Å². The van der Waals surface area contributed by atoms with Crippen molar-refractivity contribution in [1.29, 1.82) is 0 Å². The van der Waals surface area contributed by atoms with Gasteiger partial charge in [-0.25, -0.2) is 0 Å². The molecule has 2 aromatic carbocycles. The number of nitrogens with one attached hydrogen (secondary N) is 2. The standard InChI is InChI=1S/C20H25N3O.HI/c1-4-13-24-19-12-8-7-11-18(19)15-23-20(21-3)22-14-17-10-6-5-9-16(17)2;/h4-12H,1,13-15H2,2-3H3,(H2,21,22,23);1H. The van der Waals surface area contributed by atoms with Gasteiger partial charge in [0.25, 0.3) is 0 Å². The van der Waals surface area contributed by atoms with Crippen molar-refractivity contribution in [3.8, 4) is 5.75 Å². The fourth-order valence-electron chi connectivity index (χ4n) is 2.33. The predicted octanol–water partition coefficient (Wildman–Crippen LogP) is 4.04. The third-order valence-electron chi connectivity index (χ3n) is 3.71. The SMILES string of the molecule is C=CCOc1ccccc1CNC(=NC)NCc1ccccc1C.I. The molecule has 0 aliphatic rings. The van der Waals surface area contributed by atoms with Crippen LogP contribution in [0.3, 0.4) is 0 Å². The molecule has 0 aliphatic carbocycles. The first-order valence-electron chi connectivity index (χ1n) is 8.05. The minimum atomic E-state index is 0. The van der Waals surface area contributed by atoms with Crippen LogP contribution >= 0.6 is 24.0 Å². The molecule has 0 radical (unpaired) electrons. The summed E-state index contributed by atoms with van der Waals surface area (Å²) >= 11 is 0. The zero-order valence-electron chi connectivity index (χ0n) is 14.8. The third kappa shape index (κ3) is 6.78. The average molecular weight is 451 g/mol. The van der Waals surface area contributed by atoms with Crippen LogP contribution in [-0.4, -0.2) is 19.6 Å². The molecular weight excluding hydrogens is 425 g/mol. The molecule has 0 spiro atoms. The zero-order valence-corrected chi connectivity index (χ0v) is 17.1. The van der Waals surface area contributed by atoms with E-state index in [4.69, 9.17) is 4.74 Å². The molecule has 25 heavy (non-hydrogen) atoms. The molecule has 0 saturated heterocycles. The van der Waals surface area contributed by atoms with E-state index in [9.17, 15) is 0 Å². The van der Waals surface area contributed by atoms with Gasteiger partial charge < -0.3 is 15.4 Å². The maximum absolute atomic E-state index is 5.68. The van der Waals surface area contributed by atoms with Crippen LogP contribution in [0.1, 0.15) is 16.7 Å². The highest BCUT2D eigenvalue weighted by molar-refractivity contribution is 14.0. The number of halogens is 1. The van der Waals surface area contributed by atoms with Crippen LogP contribution in [0.2, 0.25) is 0 Å². The Morgan fingerprint density at radius 2 is 1.64 bits per heavy atom. The topological polar surface area (TPSA) is 45.6 Å². The molecule has 134 valence electrons. The Morgan fingerprint density at radius 1 is 1.04 bits per heavy atom. The highest BCUT2D eigenvalue weighted by Crippen LogP contribution is 2.17. The number of nitrogens with zero attached hydrogens (tertiary/aromatic N) is 1. The molecule has 0 saturated carbocycles. The van der Waals surface area contributed by atoms with Crippen molar-refractivity contribution in [2.75, 3.05) is 13.7 Å². The fourth-order valence-corrected chi connectivity index (χ4v) is 2.33. The van der Waals surface area contributed by atoms with Crippen LogP contribution in [-0.2, 0) is 13.1 Å². The average Bonchev–Trinajstić information content (AvgIpc) is 2.62. The van der Waals surface area contributed by atoms with Gasteiger partial charge in [-0.05, 0) is 24.1 Å². The minimum Gasteiger partial charge on any atom is -0.489 e. The van der Waals surface area contributed by atoms with E-state index in [-0.39, 0.29) is 24.0 Å². The van der Waals surface area contributed by atoms with Crippen LogP contribution in [0.25, 0.3) is 0 Å². The highest BCUT2D eigenvalue weighted by Gasteiger charge is 2.05. The van der Waals surface area contributed by atoms with Gasteiger partial charge in [-0.2, -0.15) is 0 Å². The van der Waals surface area contributed by atoms with E-state index in [1.54, 1.807) is 13.1 Å². The van der Waals surface area contributed by atoms with Crippen LogP contribution in [0.15, 0.2) is 66.2 Å². The Morgan fingerprint density at radius 3 is 2.28 bits per heavy atom. The smallest absolute Gasteiger partial charge is 0.191 e. The van der Waals surface area contributed by atoms with Crippen molar-refractivity contribution in [2.45, 2.75) is 20.0 Å². The summed E-state index contributed by atoms with van der Waals surface area (Å²) in [4.78, 5) is 4.28. The molecule has 0 fully saturated rings. The van der Waals surface area contributed by atoms with Crippen molar-refractivity contribution in [3.63, 3.8) is 0 Å². The van der Waals surface area contributed by atoms with Gasteiger partial charge in [-0.15, -0.1) is 24.0 Å². The lowest BCUT2D eigenvalue weighted by Gasteiger charge is -2.15. The molecule has 4 nitrogen and oxygen atoms in total. The molecular formula is C20H26IN3O. The molecule has 0 unspecified atom stereocenters. The summed E-state index contributed by atoms with van der Waals surface area (Å²) in [6.45, 7) is 7.67. The van der Waals surface area contributed by atoms with Crippen molar-refractivity contribution in [1.82, 2.24) is 10.6 Å². The lowest BCUT2D eigenvalue weighted by atomic mass is 10.1. The van der Waals surface area contributed by atoms with E-state index >= 15 is 0 Å². The van der Waals surface area contributed by atoms with Crippen LogP contribution in [0.4, 0.5) is 0 Å². The Bertz CT molecular complexity index is 701. The number of aryl methyl sites for hydroxylation is 1. The van der Waals surface area contributed by atoms with Gasteiger partial charge in [-0.3, -0.25) is 4.99 Å². The highest BCUT2D eigenvalue weighted by atomic mass is 127. The first kappa shape index (κ1) is 21.0.